The molecule has 154 valence electrons. The van der Waals surface area contributed by atoms with E-state index in [1.165, 1.54) is 4.90 Å². The molecular formula is C22H22N4O3S. The van der Waals surface area contributed by atoms with Gasteiger partial charge in [0.2, 0.25) is 5.91 Å². The van der Waals surface area contributed by atoms with Crippen molar-refractivity contribution in [2.75, 3.05) is 11.4 Å². The van der Waals surface area contributed by atoms with Crippen molar-refractivity contribution in [2.24, 2.45) is 0 Å². The molecule has 0 bridgehead atoms. The van der Waals surface area contributed by atoms with Crippen LogP contribution in [0.1, 0.15) is 23.5 Å². The van der Waals surface area contributed by atoms with E-state index in [1.807, 2.05) is 48.7 Å². The predicted molar refractivity (Wildman–Crippen MR) is 117 cm³/mol. The maximum Gasteiger partial charge on any atom is 0.329 e. The highest BCUT2D eigenvalue weighted by molar-refractivity contribution is 7.09. The Hall–Kier alpha value is -3.26. The summed E-state index contributed by atoms with van der Waals surface area (Å²) in [6.45, 7) is 2.44. The Bertz CT molecular complexity index is 1110. The van der Waals surface area contributed by atoms with E-state index in [1.54, 1.807) is 17.4 Å². The molecule has 4 amide bonds. The van der Waals surface area contributed by atoms with Crippen molar-refractivity contribution in [1.82, 2.24) is 15.6 Å². The van der Waals surface area contributed by atoms with Gasteiger partial charge in [0, 0.05) is 35.8 Å². The zero-order valence-electron chi connectivity index (χ0n) is 16.6. The number of fused-ring (bicyclic) bond motifs is 1. The van der Waals surface area contributed by atoms with Crippen LogP contribution in [0.3, 0.4) is 0 Å². The van der Waals surface area contributed by atoms with Crippen LogP contribution in [0.15, 0.2) is 47.8 Å². The van der Waals surface area contributed by atoms with Crippen molar-refractivity contribution >= 4 is 45.6 Å². The van der Waals surface area contributed by atoms with Crippen molar-refractivity contribution < 1.29 is 14.4 Å². The summed E-state index contributed by atoms with van der Waals surface area (Å²) in [7, 11) is 0. The summed E-state index contributed by atoms with van der Waals surface area (Å²) in [5.41, 5.74) is 1.54. The van der Waals surface area contributed by atoms with Gasteiger partial charge in [0.05, 0.1) is 10.7 Å². The van der Waals surface area contributed by atoms with E-state index in [2.05, 4.69) is 15.6 Å². The van der Waals surface area contributed by atoms with Crippen LogP contribution >= 0.6 is 11.3 Å². The monoisotopic (exact) mass is 422 g/mol. The van der Waals surface area contributed by atoms with Crippen LogP contribution in [0, 0.1) is 6.92 Å². The van der Waals surface area contributed by atoms with E-state index in [0.29, 0.717) is 18.7 Å². The van der Waals surface area contributed by atoms with Crippen LogP contribution in [-0.2, 0) is 16.0 Å². The molecule has 0 aliphatic carbocycles. The smallest absolute Gasteiger partial charge is 0.329 e. The molecular weight excluding hydrogens is 400 g/mol. The highest BCUT2D eigenvalue weighted by Gasteiger charge is 2.39. The first-order valence-corrected chi connectivity index (χ1v) is 10.7. The first-order chi connectivity index (χ1) is 14.5. The lowest BCUT2D eigenvalue weighted by Gasteiger charge is -2.15. The Labute approximate surface area is 178 Å². The lowest BCUT2D eigenvalue weighted by molar-refractivity contribution is -0.121. The molecule has 4 rings (SSSR count). The number of hydrogen-bond donors (Lipinski definition) is 2. The standard InChI is InChI=1S/C22H22N4O3S/c1-14-13-30-20(24-14)11-12-23-19(27)10-9-17-21(28)26(22(29)25-17)18-8-4-6-15-5-2-3-7-16(15)18/h2-8,13,17H,9-12H2,1H3,(H,23,27)(H,25,29). The molecule has 0 saturated carbocycles. The van der Waals surface area contributed by atoms with Crippen LogP contribution in [0.5, 0.6) is 0 Å². The number of amides is 4. The average molecular weight is 423 g/mol. The van der Waals surface area contributed by atoms with Gasteiger partial charge in [0.25, 0.3) is 5.91 Å². The number of imide groups is 1. The van der Waals surface area contributed by atoms with Gasteiger partial charge in [-0.25, -0.2) is 14.7 Å². The summed E-state index contributed by atoms with van der Waals surface area (Å²) in [6.07, 6.45) is 1.10. The molecule has 7 nitrogen and oxygen atoms in total. The molecule has 0 radical (unpaired) electrons. The zero-order chi connectivity index (χ0) is 21.1. The Morgan fingerprint density at radius 2 is 2.00 bits per heavy atom. The third-order valence-corrected chi connectivity index (χ3v) is 6.04. The number of rotatable bonds is 7. The summed E-state index contributed by atoms with van der Waals surface area (Å²) in [5, 5.41) is 10.3. The number of aryl methyl sites for hydroxylation is 1. The lowest BCUT2D eigenvalue weighted by Crippen LogP contribution is -2.33. The minimum Gasteiger partial charge on any atom is -0.356 e. The van der Waals surface area contributed by atoms with Crippen molar-refractivity contribution in [2.45, 2.75) is 32.2 Å². The molecule has 1 atom stereocenters. The highest BCUT2D eigenvalue weighted by atomic mass is 32.1. The molecule has 0 spiro atoms. The molecule has 1 unspecified atom stereocenters. The molecule has 8 heteroatoms. The van der Waals surface area contributed by atoms with Gasteiger partial charge in [-0.15, -0.1) is 11.3 Å². The number of aromatic nitrogens is 1. The van der Waals surface area contributed by atoms with E-state index < -0.39 is 12.1 Å². The second-order valence-corrected chi connectivity index (χ2v) is 8.14. The maximum atomic E-state index is 12.9. The average Bonchev–Trinajstić information content (AvgIpc) is 3.28. The fraction of sp³-hybridized carbons (Fsp3) is 0.273. The van der Waals surface area contributed by atoms with Crippen molar-refractivity contribution in [3.63, 3.8) is 0 Å². The third kappa shape index (κ3) is 4.18. The summed E-state index contributed by atoms with van der Waals surface area (Å²) in [5.74, 6) is -0.476. The van der Waals surface area contributed by atoms with Gasteiger partial charge in [0.15, 0.2) is 0 Å². The summed E-state index contributed by atoms with van der Waals surface area (Å²) in [4.78, 5) is 43.1. The quantitative estimate of drug-likeness (QED) is 0.572. The maximum absolute atomic E-state index is 12.9. The van der Waals surface area contributed by atoms with Crippen molar-refractivity contribution in [3.05, 3.63) is 58.5 Å². The van der Waals surface area contributed by atoms with E-state index in [0.717, 1.165) is 21.5 Å². The van der Waals surface area contributed by atoms with E-state index in [4.69, 9.17) is 0 Å². The van der Waals surface area contributed by atoms with Gasteiger partial charge in [-0.3, -0.25) is 9.59 Å². The van der Waals surface area contributed by atoms with Crippen molar-refractivity contribution in [1.29, 1.82) is 0 Å². The molecule has 1 saturated heterocycles. The van der Waals surface area contributed by atoms with Gasteiger partial charge < -0.3 is 10.6 Å². The largest absolute Gasteiger partial charge is 0.356 e. The topological polar surface area (TPSA) is 91.4 Å². The first-order valence-electron chi connectivity index (χ1n) is 9.83. The molecule has 30 heavy (non-hydrogen) atoms. The van der Waals surface area contributed by atoms with Gasteiger partial charge in [-0.05, 0) is 24.8 Å². The Kier molecular flexibility index (Phi) is 5.76. The Balaban J connectivity index is 1.34. The normalized spacial score (nSPS) is 16.2. The van der Waals surface area contributed by atoms with Gasteiger partial charge in [0.1, 0.15) is 6.04 Å². The summed E-state index contributed by atoms with van der Waals surface area (Å²) < 4.78 is 0. The zero-order valence-corrected chi connectivity index (χ0v) is 17.4. The summed E-state index contributed by atoms with van der Waals surface area (Å²) >= 11 is 1.57. The van der Waals surface area contributed by atoms with E-state index >= 15 is 0 Å². The van der Waals surface area contributed by atoms with Crippen LogP contribution < -0.4 is 15.5 Å². The highest BCUT2D eigenvalue weighted by Crippen LogP contribution is 2.29. The number of carbonyl (C=O) groups excluding carboxylic acids is 3. The number of nitrogens with zero attached hydrogens (tertiary/aromatic N) is 2. The molecule has 1 aliphatic heterocycles. The minimum absolute atomic E-state index is 0.145. The van der Waals surface area contributed by atoms with Crippen LogP contribution in [0.2, 0.25) is 0 Å². The summed E-state index contributed by atoms with van der Waals surface area (Å²) in [6, 6.07) is 12.0. The molecule has 3 aromatic rings. The molecule has 2 N–H and O–H groups in total. The number of anilines is 1. The van der Waals surface area contributed by atoms with E-state index in [9.17, 15) is 14.4 Å². The molecule has 1 fully saturated rings. The molecule has 1 aromatic heterocycles. The number of nitrogens with one attached hydrogen (secondary N) is 2. The van der Waals surface area contributed by atoms with E-state index in [-0.39, 0.29) is 24.7 Å². The molecule has 2 heterocycles. The first kappa shape index (κ1) is 20.0. The second kappa shape index (κ2) is 8.62. The number of carbonyl (C=O) groups is 3. The SMILES string of the molecule is Cc1csc(CCNC(=O)CCC2NC(=O)N(c3cccc4ccccc34)C2=O)n1. The number of urea groups is 1. The number of hydrogen-bond acceptors (Lipinski definition) is 5. The molecule has 1 aliphatic rings. The molecule has 2 aromatic carbocycles. The number of benzene rings is 2. The Morgan fingerprint density at radius 3 is 2.80 bits per heavy atom. The third-order valence-electron chi connectivity index (χ3n) is 5.01. The van der Waals surface area contributed by atoms with Crippen LogP contribution in [0.4, 0.5) is 10.5 Å². The van der Waals surface area contributed by atoms with Crippen LogP contribution in [-0.4, -0.2) is 35.4 Å². The second-order valence-electron chi connectivity index (χ2n) is 7.20. The number of thiazole rings is 1. The minimum atomic E-state index is -0.705. The predicted octanol–water partition coefficient (Wildman–Crippen LogP) is 3.17. The van der Waals surface area contributed by atoms with Gasteiger partial charge in [-0.1, -0.05) is 36.4 Å². The fourth-order valence-corrected chi connectivity index (χ4v) is 4.32. The Morgan fingerprint density at radius 1 is 1.20 bits per heavy atom. The van der Waals surface area contributed by atoms with Crippen LogP contribution in [0.25, 0.3) is 10.8 Å². The fourth-order valence-electron chi connectivity index (χ4n) is 3.55. The lowest BCUT2D eigenvalue weighted by atomic mass is 10.1. The van der Waals surface area contributed by atoms with Crippen molar-refractivity contribution in [3.8, 4) is 0 Å². The van der Waals surface area contributed by atoms with Gasteiger partial charge >= 0.3 is 6.03 Å². The van der Waals surface area contributed by atoms with Gasteiger partial charge in [-0.2, -0.15) is 0 Å².